The molecule has 0 bridgehead atoms. The maximum absolute atomic E-state index is 11.5. The highest BCUT2D eigenvalue weighted by atomic mass is 16.6. The van der Waals surface area contributed by atoms with Crippen molar-refractivity contribution < 1.29 is 20.1 Å². The topological polar surface area (TPSA) is 136 Å². The number of aliphatic hydroxyl groups is 3. The highest BCUT2D eigenvalue weighted by Crippen LogP contribution is 2.31. The summed E-state index contributed by atoms with van der Waals surface area (Å²) in [5.41, 5.74) is -1.39. The van der Waals surface area contributed by atoms with Gasteiger partial charge in [-0.25, -0.2) is 4.79 Å². The van der Waals surface area contributed by atoms with E-state index in [0.29, 0.717) is 0 Å². The SMILES string of the molecule is O=c1[nH]cc([C@@H]2O[C@H](CO)[C@@H](O)C2O)c(=O)[nH]1. The Morgan fingerprint density at radius 1 is 1.29 bits per heavy atom. The monoisotopic (exact) mass is 244 g/mol. The van der Waals surface area contributed by atoms with Crippen molar-refractivity contribution in [1.82, 2.24) is 9.97 Å². The molecule has 1 saturated heterocycles. The average molecular weight is 244 g/mol. The lowest BCUT2D eigenvalue weighted by Crippen LogP contribution is -2.34. The van der Waals surface area contributed by atoms with Crippen LogP contribution in [0.5, 0.6) is 0 Å². The summed E-state index contributed by atoms with van der Waals surface area (Å²) in [5.74, 6) is 0. The first-order valence-corrected chi connectivity index (χ1v) is 4.99. The maximum atomic E-state index is 11.5. The Hall–Kier alpha value is -1.48. The van der Waals surface area contributed by atoms with E-state index < -0.39 is 42.3 Å². The lowest BCUT2D eigenvalue weighted by atomic mass is 10.0. The van der Waals surface area contributed by atoms with Gasteiger partial charge in [0.25, 0.3) is 5.56 Å². The van der Waals surface area contributed by atoms with Gasteiger partial charge < -0.3 is 25.0 Å². The Kier molecular flexibility index (Phi) is 3.11. The Bertz CT molecular complexity index is 509. The van der Waals surface area contributed by atoms with Crippen LogP contribution in [0.4, 0.5) is 0 Å². The first-order chi connectivity index (χ1) is 8.04. The number of ether oxygens (including phenoxy) is 1. The van der Waals surface area contributed by atoms with Crippen molar-refractivity contribution in [2.24, 2.45) is 0 Å². The minimum absolute atomic E-state index is 0.00731. The second-order valence-electron chi connectivity index (χ2n) is 3.79. The molecule has 1 aliphatic heterocycles. The van der Waals surface area contributed by atoms with Crippen LogP contribution in [-0.2, 0) is 4.74 Å². The number of hydrogen-bond donors (Lipinski definition) is 5. The van der Waals surface area contributed by atoms with Gasteiger partial charge in [-0.2, -0.15) is 0 Å². The predicted octanol–water partition coefficient (Wildman–Crippen LogP) is -2.78. The lowest BCUT2D eigenvalue weighted by molar-refractivity contribution is -0.0232. The van der Waals surface area contributed by atoms with E-state index in [9.17, 15) is 19.8 Å². The summed E-state index contributed by atoms with van der Waals surface area (Å²) in [6.45, 7) is -0.476. The molecule has 1 unspecified atom stereocenters. The molecule has 1 fully saturated rings. The lowest BCUT2D eigenvalue weighted by Gasteiger charge is -2.13. The molecule has 0 spiro atoms. The van der Waals surface area contributed by atoms with Crippen molar-refractivity contribution in [3.05, 3.63) is 32.6 Å². The Balaban J connectivity index is 2.35. The van der Waals surface area contributed by atoms with Crippen LogP contribution in [0.1, 0.15) is 11.7 Å². The zero-order chi connectivity index (χ0) is 12.6. The number of nitrogens with one attached hydrogen (secondary N) is 2. The summed E-state index contributed by atoms with van der Waals surface area (Å²) in [4.78, 5) is 26.5. The molecular formula is C9H12N2O6. The number of hydrogen-bond acceptors (Lipinski definition) is 6. The molecule has 0 saturated carbocycles. The van der Waals surface area contributed by atoms with E-state index in [-0.39, 0.29) is 5.56 Å². The summed E-state index contributed by atoms with van der Waals surface area (Å²) < 4.78 is 5.15. The minimum Gasteiger partial charge on any atom is -0.394 e. The highest BCUT2D eigenvalue weighted by molar-refractivity contribution is 5.13. The van der Waals surface area contributed by atoms with E-state index in [4.69, 9.17) is 9.84 Å². The van der Waals surface area contributed by atoms with Gasteiger partial charge in [-0.1, -0.05) is 0 Å². The molecule has 1 aromatic heterocycles. The quantitative estimate of drug-likeness (QED) is 0.382. The molecule has 8 heteroatoms. The van der Waals surface area contributed by atoms with Crippen LogP contribution >= 0.6 is 0 Å². The van der Waals surface area contributed by atoms with Crippen LogP contribution in [0.3, 0.4) is 0 Å². The molecule has 17 heavy (non-hydrogen) atoms. The zero-order valence-corrected chi connectivity index (χ0v) is 8.66. The van der Waals surface area contributed by atoms with Crippen LogP contribution < -0.4 is 11.2 Å². The summed E-state index contributed by atoms with van der Waals surface area (Å²) in [5, 5.41) is 28.1. The second kappa shape index (κ2) is 4.41. The molecule has 1 aliphatic rings. The number of aliphatic hydroxyl groups excluding tert-OH is 3. The summed E-state index contributed by atoms with van der Waals surface area (Å²) >= 11 is 0. The minimum atomic E-state index is -1.33. The van der Waals surface area contributed by atoms with Crippen molar-refractivity contribution in [2.45, 2.75) is 24.4 Å². The van der Waals surface area contributed by atoms with E-state index in [1.807, 2.05) is 4.98 Å². The van der Waals surface area contributed by atoms with Gasteiger partial charge in [-0.15, -0.1) is 0 Å². The molecular weight excluding hydrogens is 232 g/mol. The third-order valence-electron chi connectivity index (χ3n) is 2.70. The fourth-order valence-electron chi connectivity index (χ4n) is 1.79. The molecule has 0 radical (unpaired) electrons. The first-order valence-electron chi connectivity index (χ1n) is 4.99. The number of H-pyrrole nitrogens is 2. The Morgan fingerprint density at radius 2 is 2.00 bits per heavy atom. The van der Waals surface area contributed by atoms with Crippen molar-refractivity contribution in [2.75, 3.05) is 6.61 Å². The largest absolute Gasteiger partial charge is 0.394 e. The van der Waals surface area contributed by atoms with Crippen molar-refractivity contribution in [3.8, 4) is 0 Å². The van der Waals surface area contributed by atoms with E-state index >= 15 is 0 Å². The molecule has 2 heterocycles. The second-order valence-corrected chi connectivity index (χ2v) is 3.79. The third-order valence-corrected chi connectivity index (χ3v) is 2.70. The molecule has 0 aliphatic carbocycles. The van der Waals surface area contributed by atoms with Gasteiger partial charge in [-0.3, -0.25) is 9.78 Å². The van der Waals surface area contributed by atoms with Crippen LogP contribution in [-0.4, -0.2) is 50.2 Å². The average Bonchev–Trinajstić information content (AvgIpc) is 2.57. The van der Waals surface area contributed by atoms with Gasteiger partial charge in [0, 0.05) is 6.20 Å². The van der Waals surface area contributed by atoms with Crippen molar-refractivity contribution >= 4 is 0 Å². The van der Waals surface area contributed by atoms with E-state index in [0.717, 1.165) is 6.20 Å². The zero-order valence-electron chi connectivity index (χ0n) is 8.66. The number of aromatic nitrogens is 2. The summed E-state index contributed by atoms with van der Waals surface area (Å²) in [6, 6.07) is 0. The third kappa shape index (κ3) is 2.03. The number of aromatic amines is 2. The Labute approximate surface area is 94.5 Å². The molecule has 1 aromatic rings. The molecule has 4 atom stereocenters. The smallest absolute Gasteiger partial charge is 0.325 e. The van der Waals surface area contributed by atoms with Gasteiger partial charge in [0.05, 0.1) is 12.2 Å². The maximum Gasteiger partial charge on any atom is 0.325 e. The fraction of sp³-hybridized carbons (Fsp3) is 0.556. The molecule has 94 valence electrons. The van der Waals surface area contributed by atoms with Gasteiger partial charge in [0.1, 0.15) is 24.4 Å². The van der Waals surface area contributed by atoms with Gasteiger partial charge in [0.2, 0.25) is 0 Å². The normalized spacial score (nSPS) is 32.9. The standard InChI is InChI=1S/C9H12N2O6/c12-2-4-5(13)6(14)7(17-4)3-1-10-9(16)11-8(3)15/h1,4-7,12-14H,2H2,(H2,10,11,15,16)/t4-,5-,6?,7+/m1/s1. The molecule has 5 N–H and O–H groups in total. The van der Waals surface area contributed by atoms with Crippen LogP contribution in [0.15, 0.2) is 15.8 Å². The van der Waals surface area contributed by atoms with Gasteiger partial charge in [-0.05, 0) is 0 Å². The fourth-order valence-corrected chi connectivity index (χ4v) is 1.79. The molecule has 2 rings (SSSR count). The van der Waals surface area contributed by atoms with Gasteiger partial charge >= 0.3 is 5.69 Å². The number of rotatable bonds is 2. The van der Waals surface area contributed by atoms with E-state index in [1.165, 1.54) is 0 Å². The van der Waals surface area contributed by atoms with Crippen molar-refractivity contribution in [1.29, 1.82) is 0 Å². The Morgan fingerprint density at radius 3 is 2.53 bits per heavy atom. The van der Waals surface area contributed by atoms with Crippen LogP contribution in [0, 0.1) is 0 Å². The van der Waals surface area contributed by atoms with E-state index in [2.05, 4.69) is 4.98 Å². The molecule has 8 nitrogen and oxygen atoms in total. The first kappa shape index (κ1) is 12.0. The highest BCUT2D eigenvalue weighted by Gasteiger charge is 2.44. The molecule has 0 aromatic carbocycles. The summed E-state index contributed by atoms with van der Waals surface area (Å²) in [7, 11) is 0. The van der Waals surface area contributed by atoms with E-state index in [1.54, 1.807) is 0 Å². The van der Waals surface area contributed by atoms with Crippen LogP contribution in [0.25, 0.3) is 0 Å². The summed E-state index contributed by atoms with van der Waals surface area (Å²) in [6.07, 6.45) is -3.54. The predicted molar refractivity (Wildman–Crippen MR) is 54.4 cm³/mol. The van der Waals surface area contributed by atoms with Crippen molar-refractivity contribution in [3.63, 3.8) is 0 Å². The van der Waals surface area contributed by atoms with Crippen LogP contribution in [0.2, 0.25) is 0 Å². The van der Waals surface area contributed by atoms with Gasteiger partial charge in [0.15, 0.2) is 0 Å². The molecule has 0 amide bonds.